The molecule has 1 aromatic heterocycles. The first-order valence-corrected chi connectivity index (χ1v) is 13.1. The monoisotopic (exact) mass is 464 g/mol. The number of allylic oxidation sites excluding steroid dienone is 2. The molecule has 1 aliphatic carbocycles. The number of amides is 1. The van der Waals surface area contributed by atoms with E-state index in [0.717, 1.165) is 67.7 Å². The van der Waals surface area contributed by atoms with Gasteiger partial charge in [-0.05, 0) is 122 Å². The molecule has 0 saturated carbocycles. The second-order valence-corrected chi connectivity index (χ2v) is 10.3. The molecule has 1 amide bonds. The van der Waals surface area contributed by atoms with E-state index in [1.165, 1.54) is 33.4 Å². The number of pyridine rings is 1. The van der Waals surface area contributed by atoms with E-state index in [-0.39, 0.29) is 5.91 Å². The average molecular weight is 465 g/mol. The fourth-order valence-corrected chi connectivity index (χ4v) is 6.06. The quantitative estimate of drug-likeness (QED) is 0.400. The van der Waals surface area contributed by atoms with Crippen LogP contribution in [0.2, 0.25) is 0 Å². The smallest absolute Gasteiger partial charge is 0.253 e. The van der Waals surface area contributed by atoms with Gasteiger partial charge in [-0.3, -0.25) is 9.78 Å². The summed E-state index contributed by atoms with van der Waals surface area (Å²) in [6.07, 6.45) is 5.57. The van der Waals surface area contributed by atoms with Gasteiger partial charge in [-0.25, -0.2) is 0 Å². The zero-order valence-corrected chi connectivity index (χ0v) is 21.5. The first-order valence-electron chi connectivity index (χ1n) is 13.1. The molecule has 1 fully saturated rings. The lowest BCUT2D eigenvalue weighted by Crippen LogP contribution is -2.27. The number of hydrogen-bond donors (Lipinski definition) is 0. The fraction of sp³-hybridized carbons (Fsp3) is 0.375. The second kappa shape index (κ2) is 9.81. The van der Waals surface area contributed by atoms with E-state index in [0.29, 0.717) is 5.92 Å². The predicted molar refractivity (Wildman–Crippen MR) is 145 cm³/mol. The van der Waals surface area contributed by atoms with Crippen molar-refractivity contribution in [2.24, 2.45) is 5.92 Å². The number of rotatable bonds is 4. The third-order valence-electron chi connectivity index (χ3n) is 7.81. The summed E-state index contributed by atoms with van der Waals surface area (Å²) in [5.41, 5.74) is 12.2. The van der Waals surface area contributed by atoms with Gasteiger partial charge in [0.25, 0.3) is 5.91 Å². The fourth-order valence-electron chi connectivity index (χ4n) is 6.06. The van der Waals surface area contributed by atoms with Crippen molar-refractivity contribution in [3.05, 3.63) is 88.2 Å². The summed E-state index contributed by atoms with van der Waals surface area (Å²) in [6, 6.07) is 19.6. The Morgan fingerprint density at radius 2 is 1.63 bits per heavy atom. The minimum absolute atomic E-state index is 0.163. The third-order valence-corrected chi connectivity index (χ3v) is 7.81. The highest BCUT2D eigenvalue weighted by atomic mass is 16.2. The van der Waals surface area contributed by atoms with Gasteiger partial charge in [0.05, 0.1) is 0 Å². The molecule has 1 unspecified atom stereocenters. The Labute approximate surface area is 209 Å². The Hall–Kier alpha value is -3.20. The van der Waals surface area contributed by atoms with Crippen molar-refractivity contribution < 1.29 is 4.79 Å². The van der Waals surface area contributed by atoms with E-state index < -0.39 is 0 Å². The molecule has 5 rings (SSSR count). The molecule has 3 aromatic rings. The van der Waals surface area contributed by atoms with E-state index in [1.807, 2.05) is 17.0 Å². The SMILES string of the molecule is CCC1CCc2cc(-c3cccc(C(=O)N4CCCC4)c3)ccc2C(C)=C1c1cc(C)nc(C)c1. The number of benzene rings is 2. The molecule has 3 nitrogen and oxygen atoms in total. The van der Waals surface area contributed by atoms with E-state index in [4.69, 9.17) is 0 Å². The van der Waals surface area contributed by atoms with E-state index >= 15 is 0 Å². The first kappa shape index (κ1) is 23.5. The third kappa shape index (κ3) is 4.69. The van der Waals surface area contributed by atoms with Crippen LogP contribution in [-0.4, -0.2) is 28.9 Å². The van der Waals surface area contributed by atoms with E-state index in [1.54, 1.807) is 0 Å². The summed E-state index contributed by atoms with van der Waals surface area (Å²) < 4.78 is 0. The van der Waals surface area contributed by atoms with Crippen LogP contribution in [0, 0.1) is 19.8 Å². The second-order valence-electron chi connectivity index (χ2n) is 10.3. The largest absolute Gasteiger partial charge is 0.339 e. The Balaban J connectivity index is 1.53. The van der Waals surface area contributed by atoms with Crippen molar-refractivity contribution in [3.8, 4) is 11.1 Å². The minimum Gasteiger partial charge on any atom is -0.339 e. The van der Waals surface area contributed by atoms with E-state index in [9.17, 15) is 4.79 Å². The van der Waals surface area contributed by atoms with Crippen molar-refractivity contribution in [2.75, 3.05) is 13.1 Å². The zero-order chi connectivity index (χ0) is 24.5. The number of carbonyl (C=O) groups excluding carboxylic acids is 1. The van der Waals surface area contributed by atoms with Gasteiger partial charge in [-0.1, -0.05) is 37.3 Å². The molecule has 180 valence electrons. The molecule has 1 atom stereocenters. The number of nitrogens with zero attached hydrogens (tertiary/aromatic N) is 2. The Bertz CT molecular complexity index is 1280. The van der Waals surface area contributed by atoms with Crippen LogP contribution in [0.25, 0.3) is 22.3 Å². The Morgan fingerprint density at radius 1 is 0.914 bits per heavy atom. The predicted octanol–water partition coefficient (Wildman–Crippen LogP) is 7.50. The molecule has 1 saturated heterocycles. The van der Waals surface area contributed by atoms with Crippen molar-refractivity contribution in [3.63, 3.8) is 0 Å². The molecule has 0 spiro atoms. The van der Waals surface area contributed by atoms with Crippen molar-refractivity contribution in [1.29, 1.82) is 0 Å². The molecule has 0 bridgehead atoms. The topological polar surface area (TPSA) is 33.2 Å². The summed E-state index contributed by atoms with van der Waals surface area (Å²) >= 11 is 0. The summed E-state index contributed by atoms with van der Waals surface area (Å²) in [6.45, 7) is 10.5. The van der Waals surface area contributed by atoms with Gasteiger partial charge in [-0.15, -0.1) is 0 Å². The van der Waals surface area contributed by atoms with Crippen LogP contribution in [-0.2, 0) is 6.42 Å². The molecule has 2 aliphatic rings. The van der Waals surface area contributed by atoms with Crippen molar-refractivity contribution >= 4 is 17.1 Å². The van der Waals surface area contributed by atoms with Gasteiger partial charge >= 0.3 is 0 Å². The number of aryl methyl sites for hydroxylation is 3. The van der Waals surface area contributed by atoms with Crippen LogP contribution in [0.4, 0.5) is 0 Å². The highest BCUT2D eigenvalue weighted by Gasteiger charge is 2.24. The molecule has 0 radical (unpaired) electrons. The lowest BCUT2D eigenvalue weighted by Gasteiger charge is -2.20. The molecular formula is C32H36N2O. The molecule has 2 heterocycles. The summed E-state index contributed by atoms with van der Waals surface area (Å²) in [5.74, 6) is 0.699. The Kier molecular flexibility index (Phi) is 6.60. The van der Waals surface area contributed by atoms with Crippen molar-refractivity contribution in [1.82, 2.24) is 9.88 Å². The zero-order valence-electron chi connectivity index (χ0n) is 21.5. The number of aromatic nitrogens is 1. The van der Waals surface area contributed by atoms with Crippen LogP contribution >= 0.6 is 0 Å². The maximum atomic E-state index is 13.0. The number of hydrogen-bond acceptors (Lipinski definition) is 2. The van der Waals surface area contributed by atoms with Crippen LogP contribution < -0.4 is 0 Å². The molecule has 2 aromatic carbocycles. The van der Waals surface area contributed by atoms with E-state index in [2.05, 4.69) is 75.1 Å². The van der Waals surface area contributed by atoms with Crippen LogP contribution in [0.3, 0.4) is 0 Å². The number of carbonyl (C=O) groups is 1. The lowest BCUT2D eigenvalue weighted by molar-refractivity contribution is 0.0793. The van der Waals surface area contributed by atoms with Gasteiger partial charge in [0.2, 0.25) is 0 Å². The Morgan fingerprint density at radius 3 is 2.34 bits per heavy atom. The maximum absolute atomic E-state index is 13.0. The summed E-state index contributed by atoms with van der Waals surface area (Å²) in [5, 5.41) is 0. The summed E-state index contributed by atoms with van der Waals surface area (Å²) in [7, 11) is 0. The highest BCUT2D eigenvalue weighted by Crippen LogP contribution is 2.41. The normalized spacial score (nSPS) is 17.9. The maximum Gasteiger partial charge on any atom is 0.253 e. The molecule has 3 heteroatoms. The number of fused-ring (bicyclic) bond motifs is 1. The van der Waals surface area contributed by atoms with Gasteiger partial charge in [-0.2, -0.15) is 0 Å². The van der Waals surface area contributed by atoms with Gasteiger partial charge < -0.3 is 4.90 Å². The lowest BCUT2D eigenvalue weighted by atomic mass is 9.84. The molecular weight excluding hydrogens is 428 g/mol. The standard InChI is InChI=1S/C32H36N2O/c1-5-24-11-12-27-19-26(25-9-8-10-28(20-25)32(35)34-15-6-7-16-34)13-14-30(27)23(4)31(24)29-17-21(2)33-22(3)18-29/h8-10,13-14,17-20,24H,5-7,11-12,15-16H2,1-4H3. The van der Waals surface area contributed by atoms with Crippen LogP contribution in [0.15, 0.2) is 54.6 Å². The molecule has 0 N–H and O–H groups in total. The highest BCUT2D eigenvalue weighted by molar-refractivity contribution is 5.96. The van der Waals surface area contributed by atoms with Crippen molar-refractivity contribution in [2.45, 2.75) is 59.8 Å². The molecule has 35 heavy (non-hydrogen) atoms. The molecule has 1 aliphatic heterocycles. The first-order chi connectivity index (χ1) is 16.9. The number of likely N-dealkylation sites (tertiary alicyclic amines) is 1. The minimum atomic E-state index is 0.163. The van der Waals surface area contributed by atoms with Crippen LogP contribution in [0.5, 0.6) is 0 Å². The summed E-state index contributed by atoms with van der Waals surface area (Å²) in [4.78, 5) is 19.6. The van der Waals surface area contributed by atoms with Crippen LogP contribution in [0.1, 0.15) is 78.0 Å². The van der Waals surface area contributed by atoms with Gasteiger partial charge in [0.15, 0.2) is 0 Å². The van der Waals surface area contributed by atoms with Gasteiger partial charge in [0, 0.05) is 30.0 Å². The van der Waals surface area contributed by atoms with Gasteiger partial charge in [0.1, 0.15) is 0 Å². The average Bonchev–Trinajstić information content (AvgIpc) is 3.35.